The van der Waals surface area contributed by atoms with Crippen LogP contribution in [0.5, 0.6) is 0 Å². The first-order chi connectivity index (χ1) is 8.29. The second kappa shape index (κ2) is 4.17. The van der Waals surface area contributed by atoms with Crippen LogP contribution in [0.4, 0.5) is 11.6 Å². The highest BCUT2D eigenvalue weighted by Gasteiger charge is 2.39. The first kappa shape index (κ1) is 10.8. The monoisotopic (exact) mass is 232 g/mol. The molecule has 1 aromatic heterocycles. The molecule has 0 spiro atoms. The molecule has 0 radical (unpaired) electrons. The molecule has 4 heteroatoms. The van der Waals surface area contributed by atoms with Crippen LogP contribution in [0.3, 0.4) is 0 Å². The molecule has 0 aromatic carbocycles. The van der Waals surface area contributed by atoms with E-state index in [1.165, 1.54) is 31.4 Å². The van der Waals surface area contributed by atoms with Gasteiger partial charge in [-0.25, -0.2) is 9.97 Å². The maximum atomic E-state index is 4.50. The summed E-state index contributed by atoms with van der Waals surface area (Å²) < 4.78 is 0. The number of hydrogen-bond donors (Lipinski definition) is 1. The molecule has 2 fully saturated rings. The number of anilines is 2. The minimum absolute atomic E-state index is 0.725. The lowest BCUT2D eigenvalue weighted by molar-refractivity contribution is 0.549. The lowest BCUT2D eigenvalue weighted by atomic mass is 10.1. The van der Waals surface area contributed by atoms with Gasteiger partial charge in [0.15, 0.2) is 0 Å². The number of aromatic nitrogens is 2. The van der Waals surface area contributed by atoms with Gasteiger partial charge in [0, 0.05) is 24.7 Å². The molecule has 2 aliphatic rings. The molecule has 92 valence electrons. The fourth-order valence-corrected chi connectivity index (χ4v) is 3.26. The van der Waals surface area contributed by atoms with Crippen LogP contribution in [0.25, 0.3) is 0 Å². The van der Waals surface area contributed by atoms with Gasteiger partial charge in [-0.2, -0.15) is 0 Å². The van der Waals surface area contributed by atoms with Crippen LogP contribution in [0.15, 0.2) is 6.33 Å². The Labute approximate surface area is 102 Å². The van der Waals surface area contributed by atoms with E-state index >= 15 is 0 Å². The van der Waals surface area contributed by atoms with Gasteiger partial charge >= 0.3 is 0 Å². The van der Waals surface area contributed by atoms with E-state index in [9.17, 15) is 0 Å². The molecular weight excluding hydrogens is 212 g/mol. The second-order valence-electron chi connectivity index (χ2n) is 5.19. The van der Waals surface area contributed by atoms with E-state index in [1.54, 1.807) is 6.33 Å². The van der Waals surface area contributed by atoms with Crippen LogP contribution in [0.2, 0.25) is 0 Å². The zero-order valence-corrected chi connectivity index (χ0v) is 10.6. The Bertz CT molecular complexity index is 418. The van der Waals surface area contributed by atoms with E-state index in [1.807, 2.05) is 0 Å². The number of nitrogens with zero attached hydrogens (tertiary/aromatic N) is 3. The zero-order chi connectivity index (χ0) is 11.8. The summed E-state index contributed by atoms with van der Waals surface area (Å²) in [5.74, 6) is 3.03. The molecule has 1 saturated heterocycles. The third kappa shape index (κ3) is 1.75. The van der Waals surface area contributed by atoms with Crippen molar-refractivity contribution in [2.75, 3.05) is 23.3 Å². The maximum absolute atomic E-state index is 4.50. The van der Waals surface area contributed by atoms with E-state index in [0.29, 0.717) is 0 Å². The van der Waals surface area contributed by atoms with Crippen molar-refractivity contribution < 1.29 is 0 Å². The van der Waals surface area contributed by atoms with Crippen molar-refractivity contribution >= 4 is 11.6 Å². The Hall–Kier alpha value is -1.32. The molecule has 1 N–H and O–H groups in total. The van der Waals surface area contributed by atoms with Crippen LogP contribution in [-0.2, 0) is 0 Å². The van der Waals surface area contributed by atoms with E-state index in [-0.39, 0.29) is 0 Å². The summed E-state index contributed by atoms with van der Waals surface area (Å²) >= 11 is 0. The zero-order valence-electron chi connectivity index (χ0n) is 10.6. The van der Waals surface area contributed by atoms with Crippen LogP contribution in [0, 0.1) is 12.8 Å². The summed E-state index contributed by atoms with van der Waals surface area (Å²) in [5, 5.41) is 3.31. The number of rotatable bonds is 3. The molecule has 2 bridgehead atoms. The molecule has 2 atom stereocenters. The van der Waals surface area contributed by atoms with Crippen LogP contribution >= 0.6 is 0 Å². The Balaban J connectivity index is 1.90. The SMILES string of the molecule is CCNc1ncnc(N2CC3CCC2C3)c1C. The summed E-state index contributed by atoms with van der Waals surface area (Å²) in [4.78, 5) is 11.3. The van der Waals surface area contributed by atoms with Crippen molar-refractivity contribution in [2.24, 2.45) is 5.92 Å². The average Bonchev–Trinajstić information content (AvgIpc) is 2.94. The highest BCUT2D eigenvalue weighted by atomic mass is 15.3. The second-order valence-corrected chi connectivity index (χ2v) is 5.19. The Kier molecular flexibility index (Phi) is 2.65. The van der Waals surface area contributed by atoms with Crippen molar-refractivity contribution in [1.29, 1.82) is 0 Å². The summed E-state index contributed by atoms with van der Waals surface area (Å²) in [6.45, 7) is 6.32. The van der Waals surface area contributed by atoms with Crippen molar-refractivity contribution in [1.82, 2.24) is 9.97 Å². The predicted octanol–water partition coefficient (Wildman–Crippen LogP) is 2.21. The fraction of sp³-hybridized carbons (Fsp3) is 0.692. The van der Waals surface area contributed by atoms with E-state index < -0.39 is 0 Å². The first-order valence-electron chi connectivity index (χ1n) is 6.61. The quantitative estimate of drug-likeness (QED) is 0.867. The summed E-state index contributed by atoms with van der Waals surface area (Å²) in [6, 6.07) is 0.725. The van der Waals surface area contributed by atoms with Crippen LogP contribution in [0.1, 0.15) is 31.7 Å². The number of fused-ring (bicyclic) bond motifs is 2. The average molecular weight is 232 g/mol. The van der Waals surface area contributed by atoms with Gasteiger partial charge in [-0.1, -0.05) is 0 Å². The summed E-state index contributed by atoms with van der Waals surface area (Å²) in [5.41, 5.74) is 1.20. The van der Waals surface area contributed by atoms with Crippen LogP contribution in [-0.4, -0.2) is 29.1 Å². The molecule has 1 aliphatic carbocycles. The molecule has 1 aromatic rings. The Morgan fingerprint density at radius 1 is 1.41 bits per heavy atom. The minimum atomic E-state index is 0.725. The van der Waals surface area contributed by atoms with Crippen molar-refractivity contribution in [3.8, 4) is 0 Å². The van der Waals surface area contributed by atoms with Gasteiger partial charge in [0.2, 0.25) is 0 Å². The highest BCUT2D eigenvalue weighted by Crippen LogP contribution is 2.40. The number of piperidine rings is 1. The van der Waals surface area contributed by atoms with Gasteiger partial charge in [0.1, 0.15) is 18.0 Å². The Morgan fingerprint density at radius 3 is 2.94 bits per heavy atom. The first-order valence-corrected chi connectivity index (χ1v) is 6.61. The summed E-state index contributed by atoms with van der Waals surface area (Å²) in [7, 11) is 0. The lowest BCUT2D eigenvalue weighted by Crippen LogP contribution is -2.33. The largest absolute Gasteiger partial charge is 0.370 e. The molecule has 0 amide bonds. The third-order valence-electron chi connectivity index (χ3n) is 4.08. The fourth-order valence-electron chi connectivity index (χ4n) is 3.26. The maximum Gasteiger partial charge on any atom is 0.137 e. The standard InChI is InChI=1S/C13H20N4/c1-3-14-12-9(2)13(16-8-15-12)17-7-10-4-5-11(17)6-10/h8,10-11H,3-7H2,1-2H3,(H,14,15,16). The molecule has 1 saturated carbocycles. The number of hydrogen-bond acceptors (Lipinski definition) is 4. The minimum Gasteiger partial charge on any atom is -0.370 e. The predicted molar refractivity (Wildman–Crippen MR) is 69.4 cm³/mol. The lowest BCUT2D eigenvalue weighted by Gasteiger charge is -2.29. The third-order valence-corrected chi connectivity index (χ3v) is 4.08. The van der Waals surface area contributed by atoms with Crippen molar-refractivity contribution in [3.63, 3.8) is 0 Å². The molecule has 2 heterocycles. The van der Waals surface area contributed by atoms with E-state index in [0.717, 1.165) is 30.1 Å². The van der Waals surface area contributed by atoms with Gasteiger partial charge in [0.05, 0.1) is 0 Å². The molecule has 2 unspecified atom stereocenters. The number of nitrogens with one attached hydrogen (secondary N) is 1. The van der Waals surface area contributed by atoms with Crippen molar-refractivity contribution in [2.45, 2.75) is 39.2 Å². The van der Waals surface area contributed by atoms with E-state index in [4.69, 9.17) is 0 Å². The molecule has 17 heavy (non-hydrogen) atoms. The topological polar surface area (TPSA) is 41.1 Å². The highest BCUT2D eigenvalue weighted by molar-refractivity contribution is 5.59. The van der Waals surface area contributed by atoms with Crippen LogP contribution < -0.4 is 10.2 Å². The van der Waals surface area contributed by atoms with Crippen molar-refractivity contribution in [3.05, 3.63) is 11.9 Å². The molecule has 4 nitrogen and oxygen atoms in total. The van der Waals surface area contributed by atoms with E-state index in [2.05, 4.69) is 34.0 Å². The molecule has 3 rings (SSSR count). The smallest absolute Gasteiger partial charge is 0.137 e. The van der Waals surface area contributed by atoms with Gasteiger partial charge in [-0.15, -0.1) is 0 Å². The van der Waals surface area contributed by atoms with Gasteiger partial charge in [0.25, 0.3) is 0 Å². The normalized spacial score (nSPS) is 26.6. The van der Waals surface area contributed by atoms with Gasteiger partial charge < -0.3 is 10.2 Å². The van der Waals surface area contributed by atoms with Gasteiger partial charge in [-0.05, 0) is 39.0 Å². The molecule has 1 aliphatic heterocycles. The summed E-state index contributed by atoms with van der Waals surface area (Å²) in [6.07, 6.45) is 5.79. The Morgan fingerprint density at radius 2 is 2.29 bits per heavy atom. The van der Waals surface area contributed by atoms with Gasteiger partial charge in [-0.3, -0.25) is 0 Å². The molecular formula is C13H20N4.